The Bertz CT molecular complexity index is 290. The lowest BCUT2D eigenvalue weighted by Crippen LogP contribution is -1.85. The van der Waals surface area contributed by atoms with Crippen LogP contribution in [0, 0.1) is 0 Å². The van der Waals surface area contributed by atoms with Crippen molar-refractivity contribution < 1.29 is 8.83 Å². The molecule has 0 saturated carbocycles. The number of rotatable bonds is 1. The summed E-state index contributed by atoms with van der Waals surface area (Å²) in [4.78, 5) is 10.4. The molecule has 1 heterocycles. The van der Waals surface area contributed by atoms with Crippen molar-refractivity contribution in [1.29, 1.82) is 0 Å². The van der Waals surface area contributed by atoms with Crippen LogP contribution in [0.1, 0.15) is 19.6 Å². The van der Waals surface area contributed by atoms with Gasteiger partial charge < -0.3 is 8.83 Å². The number of allylic oxidation sites excluding steroid dienone is 2. The molecule has 0 N–H and O–H groups in total. The second kappa shape index (κ2) is 2.56. The van der Waals surface area contributed by atoms with Gasteiger partial charge in [0.2, 0.25) is 0 Å². The summed E-state index contributed by atoms with van der Waals surface area (Å²) < 4.78 is 9.07. The molecule has 0 unspecified atom stereocenters. The summed E-state index contributed by atoms with van der Waals surface area (Å²) in [7, 11) is 0. The van der Waals surface area contributed by atoms with Crippen LogP contribution in [0.2, 0.25) is 0 Å². The van der Waals surface area contributed by atoms with Crippen LogP contribution in [0.5, 0.6) is 0 Å². The molecule has 0 fully saturated rings. The molecule has 0 aromatic carbocycles. The molecule has 0 spiro atoms. The smallest absolute Gasteiger partial charge is 0.399 e. The maximum absolute atomic E-state index is 10.4. The Kier molecular flexibility index (Phi) is 1.76. The van der Waals surface area contributed by atoms with E-state index in [0.29, 0.717) is 5.76 Å². The Morgan fingerprint density at radius 3 is 2.80 bits per heavy atom. The van der Waals surface area contributed by atoms with Crippen molar-refractivity contribution in [3.05, 3.63) is 28.7 Å². The topological polar surface area (TPSA) is 43.4 Å². The maximum atomic E-state index is 10.4. The molecular weight excluding hydrogens is 132 g/mol. The lowest BCUT2D eigenvalue weighted by atomic mass is 10.2. The fraction of sp³-hybridized carbons (Fsp3) is 0.286. The summed E-state index contributed by atoms with van der Waals surface area (Å²) in [6.45, 7) is 3.70. The Morgan fingerprint density at radius 2 is 2.40 bits per heavy atom. The molecule has 0 aliphatic heterocycles. The fourth-order valence-electron chi connectivity index (χ4n) is 0.555. The summed E-state index contributed by atoms with van der Waals surface area (Å²) in [5, 5.41) is 0. The van der Waals surface area contributed by atoms with Crippen molar-refractivity contribution in [1.82, 2.24) is 0 Å². The van der Waals surface area contributed by atoms with Gasteiger partial charge in [0.05, 0.1) is 0 Å². The van der Waals surface area contributed by atoms with Gasteiger partial charge in [-0.1, -0.05) is 6.08 Å². The summed E-state index contributed by atoms with van der Waals surface area (Å²) in [6.07, 6.45) is 3.14. The first-order valence-electron chi connectivity index (χ1n) is 2.96. The molecular formula is C7H8O3. The number of hydrogen-bond acceptors (Lipinski definition) is 3. The van der Waals surface area contributed by atoms with Crippen molar-refractivity contribution >= 4 is 5.57 Å². The Morgan fingerprint density at radius 1 is 1.70 bits per heavy atom. The minimum absolute atomic E-state index is 0.493. The first-order valence-corrected chi connectivity index (χ1v) is 2.96. The monoisotopic (exact) mass is 140 g/mol. The lowest BCUT2D eigenvalue weighted by molar-refractivity contribution is 0.383. The molecule has 1 aromatic heterocycles. The number of hydrogen-bond donors (Lipinski definition) is 0. The van der Waals surface area contributed by atoms with Crippen LogP contribution in [0.25, 0.3) is 5.57 Å². The first kappa shape index (κ1) is 6.86. The van der Waals surface area contributed by atoms with E-state index in [0.717, 1.165) is 5.57 Å². The van der Waals surface area contributed by atoms with Crippen molar-refractivity contribution in [2.75, 3.05) is 0 Å². The molecule has 54 valence electrons. The van der Waals surface area contributed by atoms with Gasteiger partial charge in [-0.15, -0.1) is 0 Å². The van der Waals surface area contributed by atoms with Crippen LogP contribution >= 0.6 is 0 Å². The zero-order valence-electron chi connectivity index (χ0n) is 5.88. The zero-order chi connectivity index (χ0) is 7.56. The minimum atomic E-state index is -0.656. The molecule has 3 heteroatoms. The van der Waals surface area contributed by atoms with E-state index in [1.165, 1.54) is 6.26 Å². The van der Waals surface area contributed by atoms with Crippen molar-refractivity contribution in [2.45, 2.75) is 13.8 Å². The maximum Gasteiger partial charge on any atom is 0.519 e. The normalized spacial score (nSPS) is 12.0. The average molecular weight is 140 g/mol. The van der Waals surface area contributed by atoms with Crippen LogP contribution in [0.4, 0.5) is 0 Å². The molecule has 1 aromatic rings. The van der Waals surface area contributed by atoms with Crippen LogP contribution in [0.15, 0.2) is 26.0 Å². The van der Waals surface area contributed by atoms with E-state index in [9.17, 15) is 4.79 Å². The van der Waals surface area contributed by atoms with Gasteiger partial charge in [0.15, 0.2) is 5.76 Å². The first-order chi connectivity index (χ1) is 4.74. The summed E-state index contributed by atoms with van der Waals surface area (Å²) in [5.41, 5.74) is 0.894. The summed E-state index contributed by atoms with van der Waals surface area (Å²) in [5.74, 6) is -0.163. The van der Waals surface area contributed by atoms with E-state index >= 15 is 0 Å². The highest BCUT2D eigenvalue weighted by Gasteiger charge is 2.00. The highest BCUT2D eigenvalue weighted by atomic mass is 16.6. The molecule has 0 amide bonds. The van der Waals surface area contributed by atoms with Gasteiger partial charge in [0.1, 0.15) is 6.26 Å². The van der Waals surface area contributed by atoms with E-state index in [-0.39, 0.29) is 0 Å². The molecule has 0 bridgehead atoms. The van der Waals surface area contributed by atoms with Gasteiger partial charge in [-0.2, -0.15) is 0 Å². The molecule has 10 heavy (non-hydrogen) atoms. The van der Waals surface area contributed by atoms with Gasteiger partial charge in [0.25, 0.3) is 0 Å². The third-order valence-electron chi connectivity index (χ3n) is 1.28. The van der Waals surface area contributed by atoms with Crippen LogP contribution < -0.4 is 5.82 Å². The quantitative estimate of drug-likeness (QED) is 0.595. The van der Waals surface area contributed by atoms with Gasteiger partial charge in [-0.3, -0.25) is 0 Å². The van der Waals surface area contributed by atoms with Crippen molar-refractivity contribution in [3.8, 4) is 0 Å². The van der Waals surface area contributed by atoms with Gasteiger partial charge in [0, 0.05) is 0 Å². The van der Waals surface area contributed by atoms with Gasteiger partial charge in [-0.25, -0.2) is 4.79 Å². The molecule has 0 saturated heterocycles. The van der Waals surface area contributed by atoms with E-state index in [1.807, 2.05) is 19.9 Å². The molecule has 1 rings (SSSR count). The predicted octanol–water partition coefficient (Wildman–Crippen LogP) is 1.66. The van der Waals surface area contributed by atoms with Crippen molar-refractivity contribution in [3.63, 3.8) is 0 Å². The third-order valence-corrected chi connectivity index (χ3v) is 1.28. The standard InChI is InChI=1S/C7H8O3/c1-3-5(2)6-4-9-7(8)10-6/h3-4H,1-2H3/b5-3+. The molecule has 0 atom stereocenters. The van der Waals surface area contributed by atoms with E-state index in [2.05, 4.69) is 8.83 Å². The molecule has 0 aliphatic carbocycles. The predicted molar refractivity (Wildman–Crippen MR) is 36.6 cm³/mol. The Balaban J connectivity index is 3.07. The average Bonchev–Trinajstić information content (AvgIpc) is 2.34. The second-order valence-electron chi connectivity index (χ2n) is 1.92. The second-order valence-corrected chi connectivity index (χ2v) is 1.92. The third kappa shape index (κ3) is 1.18. The van der Waals surface area contributed by atoms with E-state index in [4.69, 9.17) is 0 Å². The van der Waals surface area contributed by atoms with E-state index in [1.54, 1.807) is 0 Å². The van der Waals surface area contributed by atoms with Crippen LogP contribution in [0.3, 0.4) is 0 Å². The fourth-order valence-corrected chi connectivity index (χ4v) is 0.555. The SMILES string of the molecule is C/C=C(\C)c1coc(=O)o1. The lowest BCUT2D eigenvalue weighted by Gasteiger charge is -1.86. The molecule has 3 nitrogen and oxygen atoms in total. The summed E-state index contributed by atoms with van der Waals surface area (Å²) >= 11 is 0. The van der Waals surface area contributed by atoms with Gasteiger partial charge >= 0.3 is 5.82 Å². The molecule has 0 radical (unpaired) electrons. The van der Waals surface area contributed by atoms with Crippen molar-refractivity contribution in [2.24, 2.45) is 0 Å². The highest BCUT2D eigenvalue weighted by Crippen LogP contribution is 2.09. The zero-order valence-corrected chi connectivity index (χ0v) is 5.88. The van der Waals surface area contributed by atoms with Crippen LogP contribution in [-0.4, -0.2) is 0 Å². The highest BCUT2D eigenvalue weighted by molar-refractivity contribution is 5.57. The Hall–Kier alpha value is -1.25. The molecule has 0 aliphatic rings. The minimum Gasteiger partial charge on any atom is -0.399 e. The van der Waals surface area contributed by atoms with Crippen LogP contribution in [-0.2, 0) is 0 Å². The summed E-state index contributed by atoms with van der Waals surface area (Å²) in [6, 6.07) is 0. The van der Waals surface area contributed by atoms with Gasteiger partial charge in [-0.05, 0) is 19.4 Å². The Labute approximate surface area is 58.0 Å². The van der Waals surface area contributed by atoms with E-state index < -0.39 is 5.82 Å². The largest absolute Gasteiger partial charge is 0.519 e.